The topological polar surface area (TPSA) is 82.2 Å². The number of carboxylic acids is 1. The summed E-state index contributed by atoms with van der Waals surface area (Å²) in [6.45, 7) is 1.36. The molecule has 0 atom stereocenters. The number of rotatable bonds is 4. The first-order valence-electron chi connectivity index (χ1n) is 8.03. The van der Waals surface area contributed by atoms with Gasteiger partial charge < -0.3 is 15.4 Å². The van der Waals surface area contributed by atoms with Crippen LogP contribution in [0.2, 0.25) is 5.02 Å². The predicted molar refractivity (Wildman–Crippen MR) is 100 cm³/mol. The van der Waals surface area contributed by atoms with Crippen LogP contribution in [0.4, 0.5) is 13.2 Å². The van der Waals surface area contributed by atoms with Crippen molar-refractivity contribution in [3.05, 3.63) is 81.2 Å². The number of fused-ring (bicyclic) bond motifs is 1. The molecule has 3 N–H and O–H groups in total. The van der Waals surface area contributed by atoms with Crippen molar-refractivity contribution in [2.24, 2.45) is 0 Å². The van der Waals surface area contributed by atoms with Gasteiger partial charge in [0.15, 0.2) is 0 Å². The highest BCUT2D eigenvalue weighted by Crippen LogP contribution is 2.16. The molecule has 1 aromatic heterocycles. The molecular formula is C19H16ClF3N2O3. The van der Waals surface area contributed by atoms with Crippen LogP contribution in [0.1, 0.15) is 11.1 Å². The molecule has 2 aromatic carbocycles. The van der Waals surface area contributed by atoms with E-state index in [1.165, 1.54) is 0 Å². The Morgan fingerprint density at radius 1 is 1.00 bits per heavy atom. The summed E-state index contributed by atoms with van der Waals surface area (Å²) in [4.78, 5) is 23.5. The minimum absolute atomic E-state index is 0.0551. The molecule has 0 bridgehead atoms. The van der Waals surface area contributed by atoms with Crippen LogP contribution in [0.5, 0.6) is 0 Å². The lowest BCUT2D eigenvalue weighted by molar-refractivity contribution is -0.192. The molecule has 0 saturated heterocycles. The molecule has 9 heteroatoms. The number of halogens is 4. The van der Waals surface area contributed by atoms with E-state index in [9.17, 15) is 18.0 Å². The number of hydrogen-bond donors (Lipinski definition) is 3. The van der Waals surface area contributed by atoms with Crippen molar-refractivity contribution in [1.29, 1.82) is 0 Å². The van der Waals surface area contributed by atoms with E-state index in [0.29, 0.717) is 13.1 Å². The molecule has 0 amide bonds. The van der Waals surface area contributed by atoms with Gasteiger partial charge >= 0.3 is 12.1 Å². The molecule has 0 unspecified atom stereocenters. The van der Waals surface area contributed by atoms with Gasteiger partial charge in [0.1, 0.15) is 0 Å². The van der Waals surface area contributed by atoms with Crippen molar-refractivity contribution in [2.75, 3.05) is 0 Å². The number of H-pyrrole nitrogens is 1. The van der Waals surface area contributed by atoms with Crippen molar-refractivity contribution in [1.82, 2.24) is 10.3 Å². The maximum absolute atomic E-state index is 11.8. The van der Waals surface area contributed by atoms with Gasteiger partial charge in [0.2, 0.25) is 0 Å². The number of pyridine rings is 1. The Bertz CT molecular complexity index is 1020. The van der Waals surface area contributed by atoms with Gasteiger partial charge in [-0.15, -0.1) is 0 Å². The molecule has 0 fully saturated rings. The maximum Gasteiger partial charge on any atom is 0.490 e. The lowest BCUT2D eigenvalue weighted by Gasteiger charge is -2.09. The fraction of sp³-hybridized carbons (Fsp3) is 0.158. The highest BCUT2D eigenvalue weighted by molar-refractivity contribution is 6.31. The normalized spacial score (nSPS) is 11.0. The predicted octanol–water partition coefficient (Wildman–Crippen LogP) is 4.10. The lowest BCUT2D eigenvalue weighted by Crippen LogP contribution is -2.21. The first-order chi connectivity index (χ1) is 13.2. The summed E-state index contributed by atoms with van der Waals surface area (Å²) < 4.78 is 31.7. The van der Waals surface area contributed by atoms with Gasteiger partial charge in [0.05, 0.1) is 0 Å². The van der Waals surface area contributed by atoms with Gasteiger partial charge in [-0.2, -0.15) is 13.2 Å². The summed E-state index contributed by atoms with van der Waals surface area (Å²) in [5.41, 5.74) is 2.07. The second-order valence-corrected chi connectivity index (χ2v) is 6.09. The third kappa shape index (κ3) is 5.83. The molecule has 0 radical (unpaired) electrons. The SMILES string of the molecule is O=C(O)C(F)(F)F.O=c1[nH]cc(CNCc2ccccc2Cl)c2ccccc12. The molecule has 5 nitrogen and oxygen atoms in total. The molecule has 28 heavy (non-hydrogen) atoms. The largest absolute Gasteiger partial charge is 0.490 e. The van der Waals surface area contributed by atoms with Crippen LogP contribution in [0.25, 0.3) is 10.8 Å². The molecular weight excluding hydrogens is 397 g/mol. The fourth-order valence-corrected chi connectivity index (χ4v) is 2.59. The zero-order chi connectivity index (χ0) is 20.7. The van der Waals surface area contributed by atoms with Gasteiger partial charge in [-0.05, 0) is 28.6 Å². The molecule has 3 aromatic rings. The summed E-state index contributed by atoms with van der Waals surface area (Å²) >= 11 is 6.13. The van der Waals surface area contributed by atoms with Gasteiger partial charge in [0, 0.05) is 29.7 Å². The van der Waals surface area contributed by atoms with Crippen LogP contribution in [-0.4, -0.2) is 22.2 Å². The Morgan fingerprint density at radius 2 is 1.54 bits per heavy atom. The molecule has 3 rings (SSSR count). The fourth-order valence-electron chi connectivity index (χ4n) is 2.39. The number of carbonyl (C=O) groups is 1. The number of nitrogens with one attached hydrogen (secondary N) is 2. The van der Waals surface area contributed by atoms with Gasteiger partial charge in [0.25, 0.3) is 5.56 Å². The summed E-state index contributed by atoms with van der Waals surface area (Å²) in [6.07, 6.45) is -3.32. The van der Waals surface area contributed by atoms with Crippen molar-refractivity contribution in [3.63, 3.8) is 0 Å². The molecule has 0 saturated carbocycles. The molecule has 0 aliphatic heterocycles. The van der Waals surface area contributed by atoms with E-state index in [-0.39, 0.29) is 5.56 Å². The van der Waals surface area contributed by atoms with E-state index < -0.39 is 12.1 Å². The molecule has 1 heterocycles. The average molecular weight is 413 g/mol. The summed E-state index contributed by atoms with van der Waals surface area (Å²) in [5.74, 6) is -2.76. The Hall–Kier alpha value is -2.84. The summed E-state index contributed by atoms with van der Waals surface area (Å²) in [7, 11) is 0. The summed E-state index contributed by atoms with van der Waals surface area (Å²) in [6, 6.07) is 15.4. The highest BCUT2D eigenvalue weighted by Gasteiger charge is 2.38. The van der Waals surface area contributed by atoms with Gasteiger partial charge in [-0.25, -0.2) is 4.79 Å². The van der Waals surface area contributed by atoms with Crippen LogP contribution in [0.15, 0.2) is 59.5 Å². The van der Waals surface area contributed by atoms with E-state index >= 15 is 0 Å². The lowest BCUT2D eigenvalue weighted by atomic mass is 10.1. The van der Waals surface area contributed by atoms with Crippen molar-refractivity contribution >= 4 is 28.3 Å². The van der Waals surface area contributed by atoms with E-state index in [2.05, 4.69) is 10.3 Å². The minimum Gasteiger partial charge on any atom is -0.475 e. The number of aliphatic carboxylic acids is 1. The van der Waals surface area contributed by atoms with Gasteiger partial charge in [-0.1, -0.05) is 48.0 Å². The number of aromatic amines is 1. The Balaban J connectivity index is 0.000000345. The third-order valence-corrected chi connectivity index (χ3v) is 4.10. The van der Waals surface area contributed by atoms with Crippen LogP contribution in [0.3, 0.4) is 0 Å². The second-order valence-electron chi connectivity index (χ2n) is 5.69. The van der Waals surface area contributed by atoms with E-state index in [1.54, 1.807) is 6.20 Å². The van der Waals surface area contributed by atoms with Crippen molar-refractivity contribution in [2.45, 2.75) is 19.3 Å². The minimum atomic E-state index is -5.08. The van der Waals surface area contributed by atoms with Crippen molar-refractivity contribution < 1.29 is 23.1 Å². The molecule has 0 spiro atoms. The monoisotopic (exact) mass is 412 g/mol. The summed E-state index contributed by atoms with van der Waals surface area (Å²) in [5, 5.41) is 12.9. The van der Waals surface area contributed by atoms with Crippen molar-refractivity contribution in [3.8, 4) is 0 Å². The zero-order valence-corrected chi connectivity index (χ0v) is 15.1. The Kier molecular flexibility index (Phi) is 7.19. The average Bonchev–Trinajstić information content (AvgIpc) is 2.65. The van der Waals surface area contributed by atoms with Crippen LogP contribution in [-0.2, 0) is 17.9 Å². The maximum atomic E-state index is 11.8. The quantitative estimate of drug-likeness (QED) is 0.602. The Labute approximate surface area is 162 Å². The van der Waals surface area contributed by atoms with Crippen LogP contribution < -0.4 is 10.9 Å². The number of alkyl halides is 3. The third-order valence-electron chi connectivity index (χ3n) is 3.73. The smallest absolute Gasteiger partial charge is 0.475 e. The first-order valence-corrected chi connectivity index (χ1v) is 8.41. The second kappa shape index (κ2) is 9.38. The molecule has 0 aliphatic rings. The number of aromatic nitrogens is 1. The first kappa shape index (κ1) is 21.5. The van der Waals surface area contributed by atoms with Gasteiger partial charge in [-0.3, -0.25) is 4.79 Å². The van der Waals surface area contributed by atoms with Crippen LogP contribution in [0, 0.1) is 0 Å². The van der Waals surface area contributed by atoms with Crippen LogP contribution >= 0.6 is 11.6 Å². The van der Waals surface area contributed by atoms with E-state index in [0.717, 1.165) is 26.9 Å². The standard InChI is InChI=1S/C17H15ClN2O.C2HF3O2/c18-16-8-4-1-5-12(16)9-19-10-13-11-20-17(21)15-7-3-2-6-14(13)15;3-2(4,5)1(6)7/h1-8,11,19H,9-10H2,(H,20,21);(H,6,7). The Morgan fingerprint density at radius 3 is 2.14 bits per heavy atom. The molecule has 0 aliphatic carbocycles. The zero-order valence-electron chi connectivity index (χ0n) is 14.4. The van der Waals surface area contributed by atoms with E-state index in [4.69, 9.17) is 21.5 Å². The number of carboxylic acid groups (broad SMARTS) is 1. The number of hydrogen-bond acceptors (Lipinski definition) is 3. The number of benzene rings is 2. The molecule has 148 valence electrons. The highest BCUT2D eigenvalue weighted by atomic mass is 35.5. The van der Waals surface area contributed by atoms with E-state index in [1.807, 2.05) is 48.5 Å².